The summed E-state index contributed by atoms with van der Waals surface area (Å²) in [5.41, 5.74) is 2.45. The zero-order valence-electron chi connectivity index (χ0n) is 11.6. The Labute approximate surface area is 119 Å². The van der Waals surface area contributed by atoms with Crippen LogP contribution in [0.2, 0.25) is 0 Å². The van der Waals surface area contributed by atoms with E-state index in [-0.39, 0.29) is 12.1 Å². The fourth-order valence-corrected chi connectivity index (χ4v) is 2.94. The molecule has 1 fully saturated rings. The Morgan fingerprint density at radius 3 is 3.05 bits per heavy atom. The van der Waals surface area contributed by atoms with Gasteiger partial charge in [0.1, 0.15) is 5.75 Å². The van der Waals surface area contributed by atoms with Crippen molar-refractivity contribution in [2.24, 2.45) is 0 Å². The van der Waals surface area contributed by atoms with Crippen LogP contribution in [0.15, 0.2) is 42.7 Å². The summed E-state index contributed by atoms with van der Waals surface area (Å²) in [4.78, 5) is 5.40. The Bertz CT molecular complexity index is 553. The zero-order chi connectivity index (χ0) is 13.9. The highest BCUT2D eigenvalue weighted by Crippen LogP contribution is 2.34. The second-order valence-corrected chi connectivity index (χ2v) is 5.33. The summed E-state index contributed by atoms with van der Waals surface area (Å²) in [6.45, 7) is 1.56. The topological polar surface area (TPSA) is 48.5 Å². The van der Waals surface area contributed by atoms with Gasteiger partial charge in [0.2, 0.25) is 0 Å². The van der Waals surface area contributed by atoms with Crippen LogP contribution in [0.1, 0.15) is 23.6 Å². The molecule has 0 radical (unpaired) electrons. The van der Waals surface area contributed by atoms with E-state index in [2.05, 4.69) is 28.1 Å². The number of hydrogen-bond acceptors (Lipinski definition) is 3. The molecule has 4 nitrogen and oxygen atoms in total. The van der Waals surface area contributed by atoms with Gasteiger partial charge in [-0.3, -0.25) is 4.90 Å². The van der Waals surface area contributed by atoms with Gasteiger partial charge >= 0.3 is 0 Å². The van der Waals surface area contributed by atoms with Gasteiger partial charge in [-0.1, -0.05) is 12.1 Å². The number of rotatable bonds is 4. The average molecular weight is 272 g/mol. The normalized spacial score (nSPS) is 23.1. The quantitative estimate of drug-likeness (QED) is 0.898. The largest absolute Gasteiger partial charge is 0.497 e. The molecule has 0 spiro atoms. The zero-order valence-corrected chi connectivity index (χ0v) is 11.6. The van der Waals surface area contributed by atoms with Crippen molar-refractivity contribution in [3.8, 4) is 5.75 Å². The lowest BCUT2D eigenvalue weighted by Crippen LogP contribution is -2.24. The molecule has 2 N–H and O–H groups in total. The maximum absolute atomic E-state index is 10.0. The molecule has 1 aromatic heterocycles. The Morgan fingerprint density at radius 1 is 1.40 bits per heavy atom. The van der Waals surface area contributed by atoms with Crippen LogP contribution in [-0.2, 0) is 6.54 Å². The third-order valence-electron chi connectivity index (χ3n) is 3.91. The van der Waals surface area contributed by atoms with E-state index in [0.717, 1.165) is 18.7 Å². The lowest BCUT2D eigenvalue weighted by Gasteiger charge is -2.24. The first-order valence-electron chi connectivity index (χ1n) is 6.94. The van der Waals surface area contributed by atoms with Gasteiger partial charge in [0.25, 0.3) is 0 Å². The standard InChI is InChI=1S/C16H20N2O2/c1-20-15-4-2-3-13(7-15)16-8-14(19)11-18(16)10-12-5-6-17-9-12/h2-7,9,14,16-17,19H,8,10-11H2,1H3/t14-,16-/m0/s1. The van der Waals surface area contributed by atoms with Gasteiger partial charge in [-0.05, 0) is 35.7 Å². The van der Waals surface area contributed by atoms with Crippen LogP contribution in [0.5, 0.6) is 5.75 Å². The van der Waals surface area contributed by atoms with E-state index in [0.29, 0.717) is 6.54 Å². The third-order valence-corrected chi connectivity index (χ3v) is 3.91. The first kappa shape index (κ1) is 13.2. The molecule has 2 atom stereocenters. The number of β-amino-alcohol motifs (C(OH)–C–C–N with tert-alkyl or cyclic N) is 1. The Hall–Kier alpha value is -1.78. The number of likely N-dealkylation sites (tertiary alicyclic amines) is 1. The number of ether oxygens (including phenoxy) is 1. The average Bonchev–Trinajstić information content (AvgIpc) is 3.09. The number of H-pyrrole nitrogens is 1. The van der Waals surface area contributed by atoms with E-state index in [1.54, 1.807) is 7.11 Å². The molecule has 1 aliphatic rings. The number of aromatic amines is 1. The van der Waals surface area contributed by atoms with Crippen molar-refractivity contribution in [1.29, 1.82) is 0 Å². The number of nitrogens with zero attached hydrogens (tertiary/aromatic N) is 1. The Balaban J connectivity index is 1.81. The number of aromatic nitrogens is 1. The second-order valence-electron chi connectivity index (χ2n) is 5.33. The van der Waals surface area contributed by atoms with Gasteiger partial charge in [-0.15, -0.1) is 0 Å². The van der Waals surface area contributed by atoms with Crippen LogP contribution in [0.25, 0.3) is 0 Å². The summed E-state index contributed by atoms with van der Waals surface area (Å²) in [6.07, 6.45) is 4.46. The molecule has 0 aliphatic carbocycles. The molecule has 20 heavy (non-hydrogen) atoms. The van der Waals surface area contributed by atoms with Gasteiger partial charge in [0.05, 0.1) is 13.2 Å². The Kier molecular flexibility index (Phi) is 3.76. The number of methoxy groups -OCH3 is 1. The van der Waals surface area contributed by atoms with E-state index >= 15 is 0 Å². The van der Waals surface area contributed by atoms with Crippen molar-refractivity contribution in [2.75, 3.05) is 13.7 Å². The number of nitrogens with one attached hydrogen (secondary N) is 1. The van der Waals surface area contributed by atoms with Crippen LogP contribution in [-0.4, -0.2) is 34.7 Å². The summed E-state index contributed by atoms with van der Waals surface area (Å²) >= 11 is 0. The van der Waals surface area contributed by atoms with Crippen molar-refractivity contribution in [3.05, 3.63) is 53.9 Å². The first-order chi connectivity index (χ1) is 9.76. The molecule has 0 saturated carbocycles. The van der Waals surface area contributed by atoms with Crippen LogP contribution in [0.3, 0.4) is 0 Å². The number of benzene rings is 1. The Morgan fingerprint density at radius 2 is 2.30 bits per heavy atom. The van der Waals surface area contributed by atoms with E-state index in [1.807, 2.05) is 24.5 Å². The highest BCUT2D eigenvalue weighted by molar-refractivity contribution is 5.31. The maximum atomic E-state index is 10.0. The molecule has 2 aromatic rings. The van der Waals surface area contributed by atoms with Gasteiger partial charge in [-0.25, -0.2) is 0 Å². The summed E-state index contributed by atoms with van der Waals surface area (Å²) in [6, 6.07) is 10.4. The van der Waals surface area contributed by atoms with Gasteiger partial charge in [0.15, 0.2) is 0 Å². The molecule has 0 bridgehead atoms. The van der Waals surface area contributed by atoms with Crippen molar-refractivity contribution in [3.63, 3.8) is 0 Å². The molecule has 2 heterocycles. The summed E-state index contributed by atoms with van der Waals surface area (Å²) in [5, 5.41) is 10.0. The molecule has 0 amide bonds. The third kappa shape index (κ3) is 2.71. The highest BCUT2D eigenvalue weighted by atomic mass is 16.5. The lowest BCUT2D eigenvalue weighted by molar-refractivity contribution is 0.172. The molecule has 3 rings (SSSR count). The molecule has 1 aromatic carbocycles. The van der Waals surface area contributed by atoms with E-state index < -0.39 is 0 Å². The number of aliphatic hydroxyl groups is 1. The van der Waals surface area contributed by atoms with E-state index in [4.69, 9.17) is 4.74 Å². The molecular formula is C16H20N2O2. The van der Waals surface area contributed by atoms with Crippen LogP contribution >= 0.6 is 0 Å². The molecular weight excluding hydrogens is 252 g/mol. The first-order valence-corrected chi connectivity index (χ1v) is 6.94. The molecule has 0 unspecified atom stereocenters. The van der Waals surface area contributed by atoms with E-state index in [9.17, 15) is 5.11 Å². The summed E-state index contributed by atoms with van der Waals surface area (Å²) in [7, 11) is 1.68. The van der Waals surface area contributed by atoms with Gasteiger partial charge in [0, 0.05) is 31.5 Å². The minimum atomic E-state index is -0.259. The lowest BCUT2D eigenvalue weighted by atomic mass is 10.0. The molecule has 1 aliphatic heterocycles. The van der Waals surface area contributed by atoms with Gasteiger partial charge < -0.3 is 14.8 Å². The van der Waals surface area contributed by atoms with E-state index in [1.165, 1.54) is 11.1 Å². The van der Waals surface area contributed by atoms with Crippen LogP contribution in [0, 0.1) is 0 Å². The van der Waals surface area contributed by atoms with Crippen molar-refractivity contribution in [2.45, 2.75) is 25.1 Å². The molecule has 1 saturated heterocycles. The summed E-state index contributed by atoms with van der Waals surface area (Å²) < 4.78 is 5.30. The van der Waals surface area contributed by atoms with Gasteiger partial charge in [-0.2, -0.15) is 0 Å². The maximum Gasteiger partial charge on any atom is 0.119 e. The minimum Gasteiger partial charge on any atom is -0.497 e. The number of hydrogen-bond donors (Lipinski definition) is 2. The fourth-order valence-electron chi connectivity index (χ4n) is 2.94. The van der Waals surface area contributed by atoms with Crippen molar-refractivity contribution in [1.82, 2.24) is 9.88 Å². The smallest absolute Gasteiger partial charge is 0.119 e. The monoisotopic (exact) mass is 272 g/mol. The fraction of sp³-hybridized carbons (Fsp3) is 0.375. The van der Waals surface area contributed by atoms with Crippen molar-refractivity contribution < 1.29 is 9.84 Å². The molecule has 4 heteroatoms. The van der Waals surface area contributed by atoms with Crippen molar-refractivity contribution >= 4 is 0 Å². The number of aliphatic hydroxyl groups excluding tert-OH is 1. The second kappa shape index (κ2) is 5.69. The van der Waals surface area contributed by atoms with Crippen LogP contribution < -0.4 is 4.74 Å². The highest BCUT2D eigenvalue weighted by Gasteiger charge is 2.32. The minimum absolute atomic E-state index is 0.245. The summed E-state index contributed by atoms with van der Waals surface area (Å²) in [5.74, 6) is 0.866. The van der Waals surface area contributed by atoms with Crippen LogP contribution in [0.4, 0.5) is 0 Å². The molecule has 106 valence electrons. The predicted octanol–water partition coefficient (Wildman–Crippen LogP) is 2.33. The SMILES string of the molecule is COc1cccc([C@@H]2C[C@H](O)CN2Cc2cc[nH]c2)c1. The predicted molar refractivity (Wildman–Crippen MR) is 77.6 cm³/mol.